The first-order valence-corrected chi connectivity index (χ1v) is 22.0. The Labute approximate surface area is 276 Å². The second-order valence-electron chi connectivity index (χ2n) is 14.4. The molecular formula is C36H61N3O4SSi. The second kappa shape index (κ2) is 18.4. The third kappa shape index (κ3) is 14.2. The molecule has 0 amide bonds. The molecule has 2 aromatic carbocycles. The van der Waals surface area contributed by atoms with E-state index in [9.17, 15) is 8.42 Å². The molecule has 1 atom stereocenters. The number of anilines is 1. The van der Waals surface area contributed by atoms with Crippen molar-refractivity contribution in [2.24, 2.45) is 0 Å². The topological polar surface area (TPSA) is 79.9 Å². The number of rotatable bonds is 20. The van der Waals surface area contributed by atoms with Gasteiger partial charge in [-0.05, 0) is 93.3 Å². The first-order chi connectivity index (χ1) is 21.3. The first kappa shape index (κ1) is 37.5. The summed E-state index contributed by atoms with van der Waals surface area (Å²) >= 11 is 0. The molecule has 9 heteroatoms. The van der Waals surface area contributed by atoms with E-state index in [0.29, 0.717) is 24.6 Å². The van der Waals surface area contributed by atoms with Crippen molar-refractivity contribution in [2.45, 2.75) is 116 Å². The normalized spacial score (nSPS) is 15.6. The van der Waals surface area contributed by atoms with Crippen LogP contribution in [0.1, 0.15) is 102 Å². The van der Waals surface area contributed by atoms with Crippen molar-refractivity contribution in [3.63, 3.8) is 0 Å². The Balaban J connectivity index is 1.54. The van der Waals surface area contributed by atoms with E-state index < -0.39 is 18.3 Å². The van der Waals surface area contributed by atoms with E-state index in [1.54, 1.807) is 0 Å². The van der Waals surface area contributed by atoms with Crippen molar-refractivity contribution in [3.8, 4) is 5.75 Å². The molecule has 0 saturated carbocycles. The quantitative estimate of drug-likeness (QED) is 0.110. The summed E-state index contributed by atoms with van der Waals surface area (Å²) < 4.78 is 40.3. The van der Waals surface area contributed by atoms with Gasteiger partial charge in [-0.2, -0.15) is 0 Å². The average molecular weight is 660 g/mol. The van der Waals surface area contributed by atoms with Crippen LogP contribution in [-0.2, 0) is 21.1 Å². The van der Waals surface area contributed by atoms with E-state index in [1.807, 2.05) is 48.5 Å². The van der Waals surface area contributed by atoms with Crippen LogP contribution in [0.25, 0.3) is 0 Å². The molecular weight excluding hydrogens is 599 g/mol. The summed E-state index contributed by atoms with van der Waals surface area (Å²) in [5.41, 5.74) is 2.39. The van der Waals surface area contributed by atoms with Gasteiger partial charge in [-0.25, -0.2) is 8.42 Å². The molecule has 1 aliphatic heterocycles. The summed E-state index contributed by atoms with van der Waals surface area (Å²) in [4.78, 5) is 2.65. The highest BCUT2D eigenvalue weighted by molar-refractivity contribution is 7.92. The van der Waals surface area contributed by atoms with E-state index in [2.05, 4.69) is 48.8 Å². The summed E-state index contributed by atoms with van der Waals surface area (Å²) in [5, 5.41) is 3.70. The van der Waals surface area contributed by atoms with Crippen LogP contribution < -0.4 is 14.8 Å². The Morgan fingerprint density at radius 1 is 0.889 bits per heavy atom. The predicted molar refractivity (Wildman–Crippen MR) is 192 cm³/mol. The standard InChI is InChI=1S/C36H61N3O4SSi/c1-36(2,3)45(5,6)43-35(29-37-24-16-10-8-7-9-11-17-25-39-26-18-13-19-27-39)32-22-23-34(33(28-32)38-44(4,40)41)42-30-31-20-14-12-15-21-31/h12,14-15,20-23,28,35,37-38H,7-11,13,16-19,24-27,29-30H2,1-6H3/t35-/m1/s1. The monoisotopic (exact) mass is 659 g/mol. The molecule has 7 nitrogen and oxygen atoms in total. The van der Waals surface area contributed by atoms with E-state index in [1.165, 1.54) is 83.7 Å². The Bertz CT molecular complexity index is 1230. The highest BCUT2D eigenvalue weighted by atomic mass is 32.2. The highest BCUT2D eigenvalue weighted by Gasteiger charge is 2.39. The molecule has 3 rings (SSSR count). The molecule has 1 fully saturated rings. The molecule has 1 heterocycles. The third-order valence-corrected chi connectivity index (χ3v) is 14.3. The minimum Gasteiger partial charge on any atom is -0.487 e. The van der Waals surface area contributed by atoms with Crippen molar-refractivity contribution in [1.29, 1.82) is 0 Å². The van der Waals surface area contributed by atoms with Crippen molar-refractivity contribution in [1.82, 2.24) is 10.2 Å². The first-order valence-electron chi connectivity index (χ1n) is 17.2. The number of piperidine rings is 1. The lowest BCUT2D eigenvalue weighted by Gasteiger charge is -2.39. The average Bonchev–Trinajstić information content (AvgIpc) is 2.98. The number of benzene rings is 2. The van der Waals surface area contributed by atoms with Crippen molar-refractivity contribution in [2.75, 3.05) is 43.7 Å². The minimum atomic E-state index is -3.51. The van der Waals surface area contributed by atoms with E-state index >= 15 is 0 Å². The van der Waals surface area contributed by atoms with Gasteiger partial charge in [0.1, 0.15) is 12.4 Å². The number of nitrogens with one attached hydrogen (secondary N) is 2. The second-order valence-corrected chi connectivity index (χ2v) is 20.9. The van der Waals surface area contributed by atoms with Crippen molar-refractivity contribution >= 4 is 24.0 Å². The lowest BCUT2D eigenvalue weighted by Crippen LogP contribution is -2.43. The molecule has 254 valence electrons. The lowest BCUT2D eigenvalue weighted by atomic mass is 10.1. The van der Waals surface area contributed by atoms with Gasteiger partial charge in [-0.1, -0.05) is 95.7 Å². The number of hydrogen-bond donors (Lipinski definition) is 2. The molecule has 45 heavy (non-hydrogen) atoms. The fourth-order valence-corrected chi connectivity index (χ4v) is 7.38. The number of ether oxygens (including phenoxy) is 1. The number of likely N-dealkylation sites (tertiary alicyclic amines) is 1. The van der Waals surface area contributed by atoms with Gasteiger partial charge in [0.05, 0.1) is 18.0 Å². The zero-order valence-electron chi connectivity index (χ0n) is 29.0. The summed E-state index contributed by atoms with van der Waals surface area (Å²) in [7, 11) is -5.62. The Kier molecular flexibility index (Phi) is 15.4. The van der Waals surface area contributed by atoms with Gasteiger partial charge in [-0.15, -0.1) is 0 Å². The zero-order chi connectivity index (χ0) is 32.8. The van der Waals surface area contributed by atoms with Crippen LogP contribution in [0.3, 0.4) is 0 Å². The van der Waals surface area contributed by atoms with Crippen LogP contribution >= 0.6 is 0 Å². The fourth-order valence-electron chi connectivity index (χ4n) is 5.53. The van der Waals surface area contributed by atoms with Crippen LogP contribution in [0, 0.1) is 0 Å². The third-order valence-electron chi connectivity index (χ3n) is 9.26. The molecule has 2 aromatic rings. The fraction of sp³-hybridized carbons (Fsp3) is 0.667. The maximum atomic E-state index is 12.3. The highest BCUT2D eigenvalue weighted by Crippen LogP contribution is 2.40. The van der Waals surface area contributed by atoms with Gasteiger partial charge < -0.3 is 19.4 Å². The number of sulfonamides is 1. The molecule has 0 spiro atoms. The summed E-state index contributed by atoms with van der Waals surface area (Å²) in [6, 6.07) is 15.6. The summed E-state index contributed by atoms with van der Waals surface area (Å²) in [6.45, 7) is 17.1. The van der Waals surface area contributed by atoms with Crippen LogP contribution in [-0.4, -0.2) is 60.6 Å². The van der Waals surface area contributed by atoms with Gasteiger partial charge in [-0.3, -0.25) is 4.72 Å². The zero-order valence-corrected chi connectivity index (χ0v) is 30.8. The van der Waals surface area contributed by atoms with Crippen LogP contribution in [0.5, 0.6) is 5.75 Å². The lowest BCUT2D eigenvalue weighted by molar-refractivity contribution is 0.180. The smallest absolute Gasteiger partial charge is 0.229 e. The maximum Gasteiger partial charge on any atom is 0.229 e. The Morgan fingerprint density at radius 3 is 2.18 bits per heavy atom. The molecule has 0 radical (unpaired) electrons. The molecule has 1 saturated heterocycles. The SMILES string of the molecule is CC(C)(C)[Si](C)(C)O[C@H](CNCCCCCCCCCN1CCCCC1)c1ccc(OCc2ccccc2)c(NS(C)(=O)=O)c1. The van der Waals surface area contributed by atoms with E-state index in [0.717, 1.165) is 24.1 Å². The molecule has 0 bridgehead atoms. The Hall–Kier alpha value is -1.91. The molecule has 0 aromatic heterocycles. The van der Waals surface area contributed by atoms with Gasteiger partial charge >= 0.3 is 0 Å². The number of hydrogen-bond acceptors (Lipinski definition) is 6. The predicted octanol–water partition coefficient (Wildman–Crippen LogP) is 8.51. The van der Waals surface area contributed by atoms with Crippen molar-refractivity contribution in [3.05, 3.63) is 59.7 Å². The molecule has 0 aliphatic carbocycles. The van der Waals surface area contributed by atoms with Crippen LogP contribution in [0.15, 0.2) is 48.5 Å². The van der Waals surface area contributed by atoms with Crippen LogP contribution in [0.4, 0.5) is 5.69 Å². The van der Waals surface area contributed by atoms with E-state index in [4.69, 9.17) is 9.16 Å². The summed E-state index contributed by atoms with van der Waals surface area (Å²) in [6.07, 6.45) is 14.2. The number of unbranched alkanes of at least 4 members (excludes halogenated alkanes) is 6. The van der Waals surface area contributed by atoms with Crippen molar-refractivity contribution < 1.29 is 17.6 Å². The van der Waals surface area contributed by atoms with Gasteiger partial charge in [0.2, 0.25) is 10.0 Å². The minimum absolute atomic E-state index is 0.0472. The molecule has 0 unspecified atom stereocenters. The van der Waals surface area contributed by atoms with Gasteiger partial charge in [0.25, 0.3) is 0 Å². The van der Waals surface area contributed by atoms with Crippen LogP contribution in [0.2, 0.25) is 18.1 Å². The van der Waals surface area contributed by atoms with Gasteiger partial charge in [0.15, 0.2) is 8.32 Å². The van der Waals surface area contributed by atoms with E-state index in [-0.39, 0.29) is 11.1 Å². The summed E-state index contributed by atoms with van der Waals surface area (Å²) in [5.74, 6) is 0.499. The maximum absolute atomic E-state index is 12.3. The molecule has 1 aliphatic rings. The van der Waals surface area contributed by atoms with Gasteiger partial charge in [0, 0.05) is 6.54 Å². The molecule has 2 N–H and O–H groups in total. The largest absolute Gasteiger partial charge is 0.487 e. The Morgan fingerprint density at radius 2 is 1.53 bits per heavy atom. The number of nitrogens with zero attached hydrogens (tertiary/aromatic N) is 1.